The molecular formula is C21H27N5O3. The van der Waals surface area contributed by atoms with Crippen molar-refractivity contribution in [2.45, 2.75) is 51.6 Å². The van der Waals surface area contributed by atoms with Crippen LogP contribution in [0.4, 0.5) is 11.4 Å². The molecule has 0 spiro atoms. The van der Waals surface area contributed by atoms with Crippen LogP contribution < -0.4 is 16.0 Å². The predicted octanol–water partition coefficient (Wildman–Crippen LogP) is 2.72. The van der Waals surface area contributed by atoms with E-state index in [0.717, 1.165) is 25.7 Å². The summed E-state index contributed by atoms with van der Waals surface area (Å²) < 4.78 is 1.57. The molecule has 2 aromatic rings. The van der Waals surface area contributed by atoms with Crippen molar-refractivity contribution in [3.8, 4) is 0 Å². The molecule has 3 amide bonds. The van der Waals surface area contributed by atoms with Gasteiger partial charge >= 0.3 is 0 Å². The minimum atomic E-state index is -0.638. The molecule has 0 saturated heterocycles. The normalized spacial score (nSPS) is 16.1. The van der Waals surface area contributed by atoms with Crippen molar-refractivity contribution in [2.24, 2.45) is 5.92 Å². The lowest BCUT2D eigenvalue weighted by Crippen LogP contribution is -2.43. The Morgan fingerprint density at radius 3 is 2.31 bits per heavy atom. The first-order valence-corrected chi connectivity index (χ1v) is 9.95. The number of amides is 3. The summed E-state index contributed by atoms with van der Waals surface area (Å²) in [6.07, 6.45) is 7.25. The monoisotopic (exact) mass is 397 g/mol. The van der Waals surface area contributed by atoms with Gasteiger partial charge in [-0.2, -0.15) is 5.10 Å². The zero-order valence-electron chi connectivity index (χ0n) is 16.7. The first kappa shape index (κ1) is 20.6. The summed E-state index contributed by atoms with van der Waals surface area (Å²) in [6, 6.07) is 7.55. The van der Waals surface area contributed by atoms with E-state index >= 15 is 0 Å². The van der Waals surface area contributed by atoms with Crippen molar-refractivity contribution >= 4 is 29.1 Å². The predicted molar refractivity (Wildman–Crippen MR) is 110 cm³/mol. The number of carbonyl (C=O) groups is 3. The number of benzene rings is 1. The van der Waals surface area contributed by atoms with E-state index < -0.39 is 12.1 Å². The zero-order chi connectivity index (χ0) is 20.8. The molecule has 3 rings (SSSR count). The van der Waals surface area contributed by atoms with Crippen molar-refractivity contribution in [1.82, 2.24) is 15.1 Å². The number of nitrogens with zero attached hydrogens (tertiary/aromatic N) is 2. The molecule has 0 aliphatic heterocycles. The lowest BCUT2D eigenvalue weighted by atomic mass is 10.1. The van der Waals surface area contributed by atoms with Crippen LogP contribution in [0.15, 0.2) is 42.7 Å². The first-order valence-electron chi connectivity index (χ1n) is 9.95. The van der Waals surface area contributed by atoms with Crippen molar-refractivity contribution < 1.29 is 14.4 Å². The van der Waals surface area contributed by atoms with Gasteiger partial charge in [-0.05, 0) is 51.0 Å². The van der Waals surface area contributed by atoms with Crippen molar-refractivity contribution in [2.75, 3.05) is 10.6 Å². The zero-order valence-corrected chi connectivity index (χ0v) is 16.7. The third kappa shape index (κ3) is 5.43. The van der Waals surface area contributed by atoms with Crippen LogP contribution in [-0.2, 0) is 14.4 Å². The summed E-state index contributed by atoms with van der Waals surface area (Å²) in [6.45, 7) is 3.42. The topological polar surface area (TPSA) is 105 Å². The Bertz CT molecular complexity index is 859. The quantitative estimate of drug-likeness (QED) is 0.668. The van der Waals surface area contributed by atoms with E-state index in [-0.39, 0.29) is 23.6 Å². The van der Waals surface area contributed by atoms with Crippen molar-refractivity contribution in [3.05, 3.63) is 42.7 Å². The van der Waals surface area contributed by atoms with Gasteiger partial charge in [-0.25, -0.2) is 0 Å². The van der Waals surface area contributed by atoms with E-state index in [1.54, 1.807) is 61.3 Å². The molecule has 1 aliphatic carbocycles. The summed E-state index contributed by atoms with van der Waals surface area (Å²) in [4.78, 5) is 37.0. The summed E-state index contributed by atoms with van der Waals surface area (Å²) in [5.41, 5.74) is 1.11. The van der Waals surface area contributed by atoms with E-state index in [2.05, 4.69) is 21.0 Å². The van der Waals surface area contributed by atoms with Gasteiger partial charge in [-0.3, -0.25) is 19.1 Å². The number of aromatic nitrogens is 2. The van der Waals surface area contributed by atoms with Gasteiger partial charge in [0.25, 0.3) is 0 Å². The van der Waals surface area contributed by atoms with Crippen LogP contribution in [0.3, 0.4) is 0 Å². The summed E-state index contributed by atoms with van der Waals surface area (Å²) in [5, 5.41) is 12.5. The van der Waals surface area contributed by atoms with Gasteiger partial charge in [0.2, 0.25) is 17.7 Å². The van der Waals surface area contributed by atoms with Crippen molar-refractivity contribution in [1.29, 1.82) is 0 Å². The average Bonchev–Trinajstić information content (AvgIpc) is 3.41. The molecule has 8 heteroatoms. The van der Waals surface area contributed by atoms with Gasteiger partial charge < -0.3 is 16.0 Å². The van der Waals surface area contributed by atoms with Gasteiger partial charge in [0, 0.05) is 29.7 Å². The molecule has 0 radical (unpaired) electrons. The highest BCUT2D eigenvalue weighted by atomic mass is 16.2. The van der Waals surface area contributed by atoms with E-state index in [1.165, 1.54) is 0 Å². The van der Waals surface area contributed by atoms with E-state index in [0.29, 0.717) is 11.4 Å². The molecule has 1 aromatic carbocycles. The smallest absolute Gasteiger partial charge is 0.248 e. The van der Waals surface area contributed by atoms with Crippen LogP contribution in [0.5, 0.6) is 0 Å². The van der Waals surface area contributed by atoms with Gasteiger partial charge in [0.05, 0.1) is 0 Å². The maximum atomic E-state index is 12.4. The minimum Gasteiger partial charge on any atom is -0.344 e. The Kier molecular flexibility index (Phi) is 6.64. The van der Waals surface area contributed by atoms with Crippen LogP contribution in [-0.4, -0.2) is 33.5 Å². The number of anilines is 2. The Morgan fingerprint density at radius 1 is 1.03 bits per heavy atom. The molecule has 2 unspecified atom stereocenters. The van der Waals surface area contributed by atoms with Crippen molar-refractivity contribution in [3.63, 3.8) is 0 Å². The fraction of sp³-hybridized carbons (Fsp3) is 0.429. The highest BCUT2D eigenvalue weighted by Gasteiger charge is 2.25. The Labute approximate surface area is 170 Å². The number of carbonyl (C=O) groups excluding carboxylic acids is 3. The molecule has 1 heterocycles. The van der Waals surface area contributed by atoms with Crippen LogP contribution in [0.2, 0.25) is 0 Å². The highest BCUT2D eigenvalue weighted by Crippen LogP contribution is 2.24. The third-order valence-electron chi connectivity index (χ3n) is 5.18. The maximum Gasteiger partial charge on any atom is 0.248 e. The minimum absolute atomic E-state index is 0.0144. The van der Waals surface area contributed by atoms with Crippen LogP contribution in [0.25, 0.3) is 0 Å². The second-order valence-corrected chi connectivity index (χ2v) is 7.43. The summed E-state index contributed by atoms with van der Waals surface area (Å²) in [5.74, 6) is -0.557. The molecular weight excluding hydrogens is 370 g/mol. The molecule has 1 fully saturated rings. The second kappa shape index (κ2) is 9.36. The second-order valence-electron chi connectivity index (χ2n) is 7.43. The number of rotatable bonds is 7. The highest BCUT2D eigenvalue weighted by molar-refractivity contribution is 5.98. The SMILES string of the molecule is CC(NC(=O)C1CCCC1)C(=O)Nc1cccc(NC(=O)C(C)n2cccn2)c1. The molecule has 1 saturated carbocycles. The van der Waals surface area contributed by atoms with Gasteiger partial charge in [0.1, 0.15) is 12.1 Å². The molecule has 29 heavy (non-hydrogen) atoms. The largest absolute Gasteiger partial charge is 0.344 e. The standard InChI is InChI=1S/C21H27N5O3/c1-14(23-21(29)16-7-3-4-8-16)19(27)24-17-9-5-10-18(13-17)25-20(28)15(2)26-12-6-11-22-26/h5-6,9-16H,3-4,7-8H2,1-2H3,(H,23,29)(H,24,27)(H,25,28). The first-order chi connectivity index (χ1) is 13.9. The number of hydrogen-bond donors (Lipinski definition) is 3. The molecule has 3 N–H and O–H groups in total. The Morgan fingerprint density at radius 2 is 1.69 bits per heavy atom. The fourth-order valence-corrected chi connectivity index (χ4v) is 3.39. The van der Waals surface area contributed by atoms with Crippen LogP contribution >= 0.6 is 0 Å². The molecule has 8 nitrogen and oxygen atoms in total. The lowest BCUT2D eigenvalue weighted by Gasteiger charge is -2.17. The van der Waals surface area contributed by atoms with Crippen LogP contribution in [0.1, 0.15) is 45.6 Å². The fourth-order valence-electron chi connectivity index (χ4n) is 3.39. The van der Waals surface area contributed by atoms with Gasteiger partial charge in [0.15, 0.2) is 0 Å². The molecule has 0 bridgehead atoms. The third-order valence-corrected chi connectivity index (χ3v) is 5.18. The summed E-state index contributed by atoms with van der Waals surface area (Å²) >= 11 is 0. The van der Waals surface area contributed by atoms with E-state index in [4.69, 9.17) is 0 Å². The average molecular weight is 397 g/mol. The number of nitrogens with one attached hydrogen (secondary N) is 3. The molecule has 1 aromatic heterocycles. The van der Waals surface area contributed by atoms with E-state index in [1.807, 2.05) is 0 Å². The Hall–Kier alpha value is -3.16. The van der Waals surface area contributed by atoms with E-state index in [9.17, 15) is 14.4 Å². The van der Waals surface area contributed by atoms with Crippen LogP contribution in [0, 0.1) is 5.92 Å². The molecule has 2 atom stereocenters. The molecule has 1 aliphatic rings. The Balaban J connectivity index is 1.55. The lowest BCUT2D eigenvalue weighted by molar-refractivity contribution is -0.128. The van der Waals surface area contributed by atoms with Gasteiger partial charge in [-0.1, -0.05) is 18.9 Å². The number of hydrogen-bond acceptors (Lipinski definition) is 4. The maximum absolute atomic E-state index is 12.4. The van der Waals surface area contributed by atoms with Gasteiger partial charge in [-0.15, -0.1) is 0 Å². The summed E-state index contributed by atoms with van der Waals surface area (Å²) in [7, 11) is 0. The molecule has 154 valence electrons.